The van der Waals surface area contributed by atoms with Gasteiger partial charge >= 0.3 is 0 Å². The van der Waals surface area contributed by atoms with Gasteiger partial charge in [-0.2, -0.15) is 0 Å². The van der Waals surface area contributed by atoms with E-state index in [4.69, 9.17) is 4.74 Å². The number of carbonyl (C=O) groups is 1. The lowest BCUT2D eigenvalue weighted by Crippen LogP contribution is -2.38. The van der Waals surface area contributed by atoms with E-state index in [-0.39, 0.29) is 18.7 Å². The molecule has 1 aliphatic heterocycles. The molecule has 0 bridgehead atoms. The average molecular weight is 490 g/mol. The highest BCUT2D eigenvalue weighted by Crippen LogP contribution is 2.32. The minimum Gasteiger partial charge on any atom is -0.438 e. The van der Waals surface area contributed by atoms with Gasteiger partial charge in [-0.05, 0) is 35.4 Å². The van der Waals surface area contributed by atoms with Gasteiger partial charge in [-0.3, -0.25) is 9.69 Å². The summed E-state index contributed by atoms with van der Waals surface area (Å²) in [5, 5.41) is 3.42. The van der Waals surface area contributed by atoms with Crippen LogP contribution in [0.4, 0.5) is 14.5 Å². The fourth-order valence-electron chi connectivity index (χ4n) is 4.18. The molecule has 1 amide bonds. The van der Waals surface area contributed by atoms with Gasteiger partial charge in [0.1, 0.15) is 17.7 Å². The maximum absolute atomic E-state index is 13.4. The third kappa shape index (κ3) is 5.41. The summed E-state index contributed by atoms with van der Waals surface area (Å²) < 4.78 is 32.8. The van der Waals surface area contributed by atoms with Crippen molar-refractivity contribution in [2.45, 2.75) is 25.3 Å². The molecule has 2 N–H and O–H groups in total. The first-order valence-corrected chi connectivity index (χ1v) is 11.6. The second-order valence-corrected chi connectivity index (χ2v) is 8.78. The zero-order chi connectivity index (χ0) is 25.1. The van der Waals surface area contributed by atoms with Crippen LogP contribution < -0.4 is 10.1 Å². The number of likely N-dealkylation sites (tertiary alicyclic amines) is 1. The van der Waals surface area contributed by atoms with Gasteiger partial charge in [-0.15, -0.1) is 0 Å². The highest BCUT2D eigenvalue weighted by molar-refractivity contribution is 5.99. The smallest absolute Gasteiger partial charge is 0.250 e. The van der Waals surface area contributed by atoms with Crippen molar-refractivity contribution in [3.8, 4) is 22.9 Å². The molecule has 1 fully saturated rings. The third-order valence-corrected chi connectivity index (χ3v) is 6.15. The number of benzene rings is 2. The topological polar surface area (TPSA) is 83.1 Å². The molecule has 4 aromatic rings. The number of hydrogen-bond acceptors (Lipinski definition) is 5. The standard InChI is InChI=1S/C27H25F2N5O2/c1-2-24(35)32-20-4-3-5-21(14-20)36-26-22-15-23(33-25(22)30-17-31-26)19-8-6-18(7-9-19)16-34-12-10-27(28,29)11-13-34/h2-9,14-15,17H,1,10-13,16H2,(H,32,35)(H,30,31,33). The summed E-state index contributed by atoms with van der Waals surface area (Å²) in [6, 6.07) is 16.9. The van der Waals surface area contributed by atoms with Crippen molar-refractivity contribution in [3.05, 3.63) is 79.1 Å². The van der Waals surface area contributed by atoms with Gasteiger partial charge in [0, 0.05) is 49.9 Å². The Morgan fingerprint density at radius 3 is 2.67 bits per heavy atom. The monoisotopic (exact) mass is 489 g/mol. The van der Waals surface area contributed by atoms with Crippen LogP contribution in [-0.2, 0) is 11.3 Å². The highest BCUT2D eigenvalue weighted by Gasteiger charge is 2.33. The number of halogens is 2. The van der Waals surface area contributed by atoms with Crippen LogP contribution in [0.2, 0.25) is 0 Å². The second-order valence-electron chi connectivity index (χ2n) is 8.78. The Kier molecular flexibility index (Phi) is 6.47. The van der Waals surface area contributed by atoms with Crippen molar-refractivity contribution < 1.29 is 18.3 Å². The molecule has 0 unspecified atom stereocenters. The van der Waals surface area contributed by atoms with Crippen molar-refractivity contribution in [2.75, 3.05) is 18.4 Å². The summed E-state index contributed by atoms with van der Waals surface area (Å²) in [6.45, 7) is 4.91. The maximum atomic E-state index is 13.4. The maximum Gasteiger partial charge on any atom is 0.250 e. The molecule has 0 atom stereocenters. The zero-order valence-corrected chi connectivity index (χ0v) is 19.5. The molecule has 5 rings (SSSR count). The van der Waals surface area contributed by atoms with E-state index >= 15 is 0 Å². The first-order chi connectivity index (χ1) is 17.4. The Morgan fingerprint density at radius 2 is 1.92 bits per heavy atom. The van der Waals surface area contributed by atoms with Gasteiger partial charge < -0.3 is 15.0 Å². The minimum absolute atomic E-state index is 0.0840. The summed E-state index contributed by atoms with van der Waals surface area (Å²) in [5.74, 6) is -1.95. The minimum atomic E-state index is -2.54. The van der Waals surface area contributed by atoms with Crippen molar-refractivity contribution in [3.63, 3.8) is 0 Å². The molecule has 1 aliphatic rings. The molecule has 1 saturated heterocycles. The molecule has 2 aromatic heterocycles. The molecular formula is C27H25F2N5O2. The number of rotatable bonds is 7. The van der Waals surface area contributed by atoms with Gasteiger partial charge in [0.15, 0.2) is 0 Å². The number of aromatic nitrogens is 3. The van der Waals surface area contributed by atoms with Crippen molar-refractivity contribution in [1.82, 2.24) is 19.9 Å². The number of carbonyl (C=O) groups excluding carboxylic acids is 1. The number of fused-ring (bicyclic) bond motifs is 1. The van der Waals surface area contributed by atoms with E-state index in [0.717, 1.165) is 16.8 Å². The molecule has 9 heteroatoms. The van der Waals surface area contributed by atoms with E-state index in [9.17, 15) is 13.6 Å². The Labute approximate surface area is 206 Å². The predicted octanol–water partition coefficient (Wildman–Crippen LogP) is 5.77. The third-order valence-electron chi connectivity index (χ3n) is 6.15. The van der Waals surface area contributed by atoms with Gasteiger partial charge in [0.25, 0.3) is 5.92 Å². The van der Waals surface area contributed by atoms with Gasteiger partial charge in [-0.25, -0.2) is 18.7 Å². The molecule has 7 nitrogen and oxygen atoms in total. The number of nitrogens with zero attached hydrogens (tertiary/aromatic N) is 3. The molecule has 0 aliphatic carbocycles. The van der Waals surface area contributed by atoms with E-state index in [2.05, 4.69) is 31.7 Å². The summed E-state index contributed by atoms with van der Waals surface area (Å²) >= 11 is 0. The SMILES string of the molecule is C=CC(=O)Nc1cccc(Oc2ncnc3[nH]c(-c4ccc(CN5CCC(F)(F)CC5)cc4)cc23)c1. The van der Waals surface area contributed by atoms with Gasteiger partial charge in [0.05, 0.1) is 5.39 Å². The Hall–Kier alpha value is -4.11. The van der Waals surface area contributed by atoms with Crippen LogP contribution in [0.3, 0.4) is 0 Å². The van der Waals surface area contributed by atoms with E-state index < -0.39 is 5.92 Å². The normalized spacial score (nSPS) is 15.5. The molecular weight excluding hydrogens is 464 g/mol. The van der Waals surface area contributed by atoms with E-state index in [0.29, 0.717) is 48.0 Å². The first-order valence-electron chi connectivity index (χ1n) is 11.6. The lowest BCUT2D eigenvalue weighted by Gasteiger charge is -2.31. The van der Waals surface area contributed by atoms with Gasteiger partial charge in [0.2, 0.25) is 11.8 Å². The number of aromatic amines is 1. The largest absolute Gasteiger partial charge is 0.438 e. The van der Waals surface area contributed by atoms with Crippen LogP contribution >= 0.6 is 0 Å². The van der Waals surface area contributed by atoms with Crippen LogP contribution in [0.1, 0.15) is 18.4 Å². The summed E-state index contributed by atoms with van der Waals surface area (Å²) in [6.07, 6.45) is 2.45. The molecule has 184 valence electrons. The molecule has 3 heterocycles. The summed E-state index contributed by atoms with van der Waals surface area (Å²) in [7, 11) is 0. The van der Waals surface area contributed by atoms with Gasteiger partial charge in [-0.1, -0.05) is 36.9 Å². The highest BCUT2D eigenvalue weighted by atomic mass is 19.3. The summed E-state index contributed by atoms with van der Waals surface area (Å²) in [4.78, 5) is 25.6. The quantitative estimate of drug-likeness (QED) is 0.322. The molecule has 2 aromatic carbocycles. The van der Waals surface area contributed by atoms with Crippen LogP contribution in [-0.4, -0.2) is 44.8 Å². The fourth-order valence-corrected chi connectivity index (χ4v) is 4.18. The predicted molar refractivity (Wildman–Crippen MR) is 134 cm³/mol. The second kappa shape index (κ2) is 9.87. The lowest BCUT2D eigenvalue weighted by molar-refractivity contribution is -0.111. The van der Waals surface area contributed by atoms with Crippen LogP contribution in [0, 0.1) is 0 Å². The molecule has 0 saturated carbocycles. The Bertz CT molecular complexity index is 1390. The van der Waals surface area contributed by atoms with Crippen LogP contribution in [0.15, 0.2) is 73.6 Å². The van der Waals surface area contributed by atoms with Crippen molar-refractivity contribution in [1.29, 1.82) is 0 Å². The number of H-pyrrole nitrogens is 1. The molecule has 0 spiro atoms. The van der Waals surface area contributed by atoms with E-state index in [1.165, 1.54) is 12.4 Å². The van der Waals surface area contributed by atoms with E-state index in [1.807, 2.05) is 30.3 Å². The zero-order valence-electron chi connectivity index (χ0n) is 19.5. The Balaban J connectivity index is 1.32. The first kappa shape index (κ1) is 23.6. The number of ether oxygens (including phenoxy) is 1. The average Bonchev–Trinajstić information content (AvgIpc) is 3.31. The number of alkyl halides is 2. The van der Waals surface area contributed by atoms with Crippen LogP contribution in [0.5, 0.6) is 11.6 Å². The van der Waals surface area contributed by atoms with Crippen molar-refractivity contribution in [2.24, 2.45) is 0 Å². The number of amides is 1. The number of piperidine rings is 1. The number of hydrogen-bond donors (Lipinski definition) is 2. The fraction of sp³-hybridized carbons (Fsp3) is 0.222. The molecule has 36 heavy (non-hydrogen) atoms. The lowest BCUT2D eigenvalue weighted by atomic mass is 10.0. The molecule has 0 radical (unpaired) electrons. The van der Waals surface area contributed by atoms with Crippen molar-refractivity contribution >= 4 is 22.6 Å². The number of nitrogens with one attached hydrogen (secondary N) is 2. The summed E-state index contributed by atoms with van der Waals surface area (Å²) in [5.41, 5.74) is 4.10. The van der Waals surface area contributed by atoms with Crippen LogP contribution in [0.25, 0.3) is 22.3 Å². The Morgan fingerprint density at radius 1 is 1.14 bits per heavy atom. The van der Waals surface area contributed by atoms with E-state index in [1.54, 1.807) is 24.3 Å². The number of anilines is 1.